The molecule has 28 heavy (non-hydrogen) atoms. The average molecular weight is 380 g/mol. The number of esters is 1. The summed E-state index contributed by atoms with van der Waals surface area (Å²) in [5.74, 6) is -0.0887. The predicted molar refractivity (Wildman–Crippen MR) is 103 cm³/mol. The van der Waals surface area contributed by atoms with Crippen molar-refractivity contribution in [2.24, 2.45) is 0 Å². The zero-order valence-corrected chi connectivity index (χ0v) is 15.5. The van der Waals surface area contributed by atoms with Crippen molar-refractivity contribution in [3.05, 3.63) is 66.1 Å². The van der Waals surface area contributed by atoms with E-state index in [-0.39, 0.29) is 24.1 Å². The molecule has 3 rings (SSSR count). The van der Waals surface area contributed by atoms with Crippen molar-refractivity contribution < 1.29 is 18.7 Å². The fourth-order valence-corrected chi connectivity index (χ4v) is 2.41. The summed E-state index contributed by atoms with van der Waals surface area (Å²) in [7, 11) is 0. The van der Waals surface area contributed by atoms with Gasteiger partial charge in [0.1, 0.15) is 0 Å². The van der Waals surface area contributed by atoms with Gasteiger partial charge in [-0.15, -0.1) is 10.2 Å². The first kappa shape index (κ1) is 19.1. The van der Waals surface area contributed by atoms with E-state index < -0.39 is 12.0 Å². The molecule has 0 aliphatic rings. The second kappa shape index (κ2) is 8.81. The van der Waals surface area contributed by atoms with Gasteiger partial charge in [-0.2, -0.15) is 0 Å². The van der Waals surface area contributed by atoms with Gasteiger partial charge in [0.2, 0.25) is 5.89 Å². The highest BCUT2D eigenvalue weighted by Crippen LogP contribution is 2.19. The van der Waals surface area contributed by atoms with Crippen LogP contribution in [0.3, 0.4) is 0 Å². The van der Waals surface area contributed by atoms with Crippen LogP contribution in [0.15, 0.2) is 59.0 Å². The number of anilines is 1. The van der Waals surface area contributed by atoms with E-state index in [0.717, 1.165) is 5.56 Å². The number of aromatic nitrogens is 2. The van der Waals surface area contributed by atoms with Crippen molar-refractivity contribution >= 4 is 17.7 Å². The number of ether oxygens (including phenoxy) is 1. The van der Waals surface area contributed by atoms with Crippen molar-refractivity contribution in [1.82, 2.24) is 15.5 Å². The zero-order valence-electron chi connectivity index (χ0n) is 15.5. The minimum absolute atomic E-state index is 0.0320. The number of urea groups is 1. The lowest BCUT2D eigenvalue weighted by Crippen LogP contribution is -2.34. The number of nitrogens with zero attached hydrogens (tertiary/aromatic N) is 2. The predicted octanol–water partition coefficient (Wildman–Crippen LogP) is 3.62. The molecule has 0 bridgehead atoms. The SMILES string of the molecule is CC(C)NC(=O)Nc1ccccc1C(=O)OCc1nnc(-c2ccccc2)o1. The van der Waals surface area contributed by atoms with Gasteiger partial charge in [0.25, 0.3) is 5.89 Å². The van der Waals surface area contributed by atoms with Crippen LogP contribution in [-0.4, -0.2) is 28.2 Å². The number of carbonyl (C=O) groups excluding carboxylic acids is 2. The molecular weight excluding hydrogens is 360 g/mol. The molecule has 0 radical (unpaired) electrons. The Labute approximate surface area is 161 Å². The number of amides is 2. The van der Waals surface area contributed by atoms with Crippen LogP contribution in [0.2, 0.25) is 0 Å². The molecule has 8 heteroatoms. The molecule has 1 heterocycles. The maximum absolute atomic E-state index is 12.4. The van der Waals surface area contributed by atoms with Crippen LogP contribution >= 0.6 is 0 Å². The fourth-order valence-electron chi connectivity index (χ4n) is 2.41. The highest BCUT2D eigenvalue weighted by Gasteiger charge is 2.16. The summed E-state index contributed by atoms with van der Waals surface area (Å²) in [6, 6.07) is 15.4. The van der Waals surface area contributed by atoms with Crippen LogP contribution in [0, 0.1) is 0 Å². The molecule has 0 spiro atoms. The van der Waals surface area contributed by atoms with Gasteiger partial charge >= 0.3 is 12.0 Å². The molecule has 0 saturated heterocycles. The van der Waals surface area contributed by atoms with Crippen LogP contribution in [0.4, 0.5) is 10.5 Å². The third-order valence-electron chi connectivity index (χ3n) is 3.63. The summed E-state index contributed by atoms with van der Waals surface area (Å²) in [5, 5.41) is 13.2. The first-order valence-corrected chi connectivity index (χ1v) is 8.74. The Bertz CT molecular complexity index is 954. The molecular formula is C20H20N4O4. The summed E-state index contributed by atoms with van der Waals surface area (Å²) >= 11 is 0. The first-order valence-electron chi connectivity index (χ1n) is 8.74. The van der Waals surface area contributed by atoms with E-state index in [2.05, 4.69) is 20.8 Å². The van der Waals surface area contributed by atoms with Crippen molar-refractivity contribution in [2.75, 3.05) is 5.32 Å². The lowest BCUT2D eigenvalue weighted by atomic mass is 10.2. The number of nitrogens with one attached hydrogen (secondary N) is 2. The molecule has 8 nitrogen and oxygen atoms in total. The van der Waals surface area contributed by atoms with Gasteiger partial charge < -0.3 is 19.8 Å². The molecule has 0 aliphatic heterocycles. The molecule has 0 saturated carbocycles. The number of hydrogen-bond donors (Lipinski definition) is 2. The van der Waals surface area contributed by atoms with Crippen LogP contribution in [0.25, 0.3) is 11.5 Å². The quantitative estimate of drug-likeness (QED) is 0.633. The Morgan fingerprint density at radius 1 is 1.04 bits per heavy atom. The van der Waals surface area contributed by atoms with Crippen molar-refractivity contribution in [3.8, 4) is 11.5 Å². The molecule has 2 aromatic carbocycles. The van der Waals surface area contributed by atoms with Gasteiger partial charge in [0, 0.05) is 11.6 Å². The Morgan fingerprint density at radius 2 is 1.75 bits per heavy atom. The van der Waals surface area contributed by atoms with E-state index in [1.165, 1.54) is 0 Å². The Balaban J connectivity index is 1.64. The van der Waals surface area contributed by atoms with Gasteiger partial charge in [-0.05, 0) is 38.1 Å². The summed E-state index contributed by atoms with van der Waals surface area (Å²) in [6.07, 6.45) is 0. The van der Waals surface area contributed by atoms with Crippen LogP contribution in [-0.2, 0) is 11.3 Å². The van der Waals surface area contributed by atoms with E-state index in [4.69, 9.17) is 9.15 Å². The monoisotopic (exact) mass is 380 g/mol. The molecule has 0 atom stereocenters. The zero-order chi connectivity index (χ0) is 19.9. The van der Waals surface area contributed by atoms with Gasteiger partial charge in [0.15, 0.2) is 6.61 Å². The number of rotatable bonds is 6. The number of para-hydroxylation sites is 1. The first-order chi connectivity index (χ1) is 13.5. The molecule has 144 valence electrons. The second-order valence-corrected chi connectivity index (χ2v) is 6.24. The van der Waals surface area contributed by atoms with Gasteiger partial charge in [-0.1, -0.05) is 30.3 Å². The third kappa shape index (κ3) is 4.94. The fraction of sp³-hybridized carbons (Fsp3) is 0.200. The maximum atomic E-state index is 12.4. The third-order valence-corrected chi connectivity index (χ3v) is 3.63. The van der Waals surface area contributed by atoms with Gasteiger partial charge in [-0.25, -0.2) is 9.59 Å². The largest absolute Gasteiger partial charge is 0.452 e. The summed E-state index contributed by atoms with van der Waals surface area (Å²) in [6.45, 7) is 3.51. The van der Waals surface area contributed by atoms with Crippen molar-refractivity contribution in [3.63, 3.8) is 0 Å². The number of benzene rings is 2. The maximum Gasteiger partial charge on any atom is 0.340 e. The summed E-state index contributed by atoms with van der Waals surface area (Å²) < 4.78 is 10.8. The van der Waals surface area contributed by atoms with Crippen LogP contribution < -0.4 is 10.6 Å². The molecule has 0 unspecified atom stereocenters. The average Bonchev–Trinajstić information content (AvgIpc) is 3.15. The highest BCUT2D eigenvalue weighted by atomic mass is 16.5. The molecule has 0 fully saturated rings. The van der Waals surface area contributed by atoms with E-state index in [9.17, 15) is 9.59 Å². The van der Waals surface area contributed by atoms with Crippen LogP contribution in [0.5, 0.6) is 0 Å². The van der Waals surface area contributed by atoms with Gasteiger partial charge in [-0.3, -0.25) is 0 Å². The molecule has 2 N–H and O–H groups in total. The van der Waals surface area contributed by atoms with Crippen LogP contribution in [0.1, 0.15) is 30.1 Å². The van der Waals surface area contributed by atoms with Crippen molar-refractivity contribution in [1.29, 1.82) is 0 Å². The van der Waals surface area contributed by atoms with Crippen molar-refractivity contribution in [2.45, 2.75) is 26.5 Å². The summed E-state index contributed by atoms with van der Waals surface area (Å²) in [5.41, 5.74) is 1.35. The van der Waals surface area contributed by atoms with E-state index in [0.29, 0.717) is 11.6 Å². The molecule has 2 amide bonds. The minimum atomic E-state index is -0.611. The molecule has 1 aromatic heterocycles. The molecule has 3 aromatic rings. The minimum Gasteiger partial charge on any atom is -0.452 e. The highest BCUT2D eigenvalue weighted by molar-refractivity contribution is 6.00. The Hall–Kier alpha value is -3.68. The Kier molecular flexibility index (Phi) is 6.01. The van der Waals surface area contributed by atoms with E-state index in [1.807, 2.05) is 44.2 Å². The lowest BCUT2D eigenvalue weighted by molar-refractivity contribution is 0.0440. The topological polar surface area (TPSA) is 106 Å². The smallest absolute Gasteiger partial charge is 0.340 e. The summed E-state index contributed by atoms with van der Waals surface area (Å²) in [4.78, 5) is 24.3. The van der Waals surface area contributed by atoms with E-state index >= 15 is 0 Å². The second-order valence-electron chi connectivity index (χ2n) is 6.24. The number of carbonyl (C=O) groups is 2. The van der Waals surface area contributed by atoms with Gasteiger partial charge in [0.05, 0.1) is 11.3 Å². The Morgan fingerprint density at radius 3 is 2.50 bits per heavy atom. The molecule has 0 aliphatic carbocycles. The lowest BCUT2D eigenvalue weighted by Gasteiger charge is -2.12. The van der Waals surface area contributed by atoms with E-state index in [1.54, 1.807) is 24.3 Å². The number of hydrogen-bond acceptors (Lipinski definition) is 6. The standard InChI is InChI=1S/C20H20N4O4/c1-13(2)21-20(26)22-16-11-7-6-10-15(16)19(25)27-12-17-23-24-18(28-17)14-8-4-3-5-9-14/h3-11,13H,12H2,1-2H3,(H2,21,22,26). The normalized spacial score (nSPS) is 10.5.